The molecular weight excluding hydrogens is 434 g/mol. The van der Waals surface area contributed by atoms with E-state index in [1.165, 1.54) is 0 Å². The van der Waals surface area contributed by atoms with E-state index in [0.29, 0.717) is 62.9 Å². The molecule has 2 aliphatic rings. The lowest BCUT2D eigenvalue weighted by atomic mass is 9.71. The molecule has 180 valence electrons. The number of ether oxygens (including phenoxy) is 2. The molecule has 8 heteroatoms. The third kappa shape index (κ3) is 4.85. The Hall–Kier alpha value is -3.55. The number of carbonyl (C=O) groups excluding carboxylic acids is 3. The van der Waals surface area contributed by atoms with Gasteiger partial charge in [0.25, 0.3) is 0 Å². The van der Waals surface area contributed by atoms with Crippen LogP contribution >= 0.6 is 0 Å². The third-order valence-corrected chi connectivity index (χ3v) is 6.63. The van der Waals surface area contributed by atoms with Gasteiger partial charge in [0.15, 0.2) is 11.5 Å². The van der Waals surface area contributed by atoms with Crippen molar-refractivity contribution in [1.82, 2.24) is 9.80 Å². The molecule has 1 fully saturated rings. The predicted octanol–water partition coefficient (Wildman–Crippen LogP) is 2.83. The van der Waals surface area contributed by atoms with E-state index >= 15 is 0 Å². The van der Waals surface area contributed by atoms with Crippen molar-refractivity contribution < 1.29 is 23.9 Å². The summed E-state index contributed by atoms with van der Waals surface area (Å²) < 4.78 is 11.1. The number of amides is 3. The van der Waals surface area contributed by atoms with Gasteiger partial charge in [-0.2, -0.15) is 0 Å². The number of rotatable bonds is 6. The van der Waals surface area contributed by atoms with Gasteiger partial charge in [-0.3, -0.25) is 14.4 Å². The van der Waals surface area contributed by atoms with E-state index in [1.807, 2.05) is 37.3 Å². The molecule has 0 unspecified atom stereocenters. The molecule has 3 amide bonds. The zero-order chi connectivity index (χ0) is 24.1. The van der Waals surface area contributed by atoms with Gasteiger partial charge in [-0.1, -0.05) is 30.3 Å². The second-order valence-corrected chi connectivity index (χ2v) is 8.68. The van der Waals surface area contributed by atoms with Crippen LogP contribution in [0.2, 0.25) is 0 Å². The van der Waals surface area contributed by atoms with Crippen molar-refractivity contribution in [3.63, 3.8) is 0 Å². The van der Waals surface area contributed by atoms with Crippen molar-refractivity contribution in [1.29, 1.82) is 0 Å². The molecule has 2 aromatic rings. The summed E-state index contributed by atoms with van der Waals surface area (Å²) in [5.41, 5.74) is 0.750. The lowest BCUT2D eigenvalue weighted by Crippen LogP contribution is -2.54. The highest BCUT2D eigenvalue weighted by molar-refractivity contribution is 5.97. The number of carbonyl (C=O) groups is 3. The Bertz CT molecular complexity index is 1050. The van der Waals surface area contributed by atoms with Crippen LogP contribution in [-0.2, 0) is 19.8 Å². The van der Waals surface area contributed by atoms with Crippen LogP contribution in [0.5, 0.6) is 11.5 Å². The smallest absolute Gasteiger partial charge is 0.243 e. The van der Waals surface area contributed by atoms with Gasteiger partial charge in [0.05, 0.1) is 12.0 Å². The highest BCUT2D eigenvalue weighted by atomic mass is 16.6. The first kappa shape index (κ1) is 23.6. The van der Waals surface area contributed by atoms with Crippen molar-refractivity contribution in [2.75, 3.05) is 44.7 Å². The van der Waals surface area contributed by atoms with Crippen molar-refractivity contribution >= 4 is 23.4 Å². The van der Waals surface area contributed by atoms with E-state index in [9.17, 15) is 14.4 Å². The Morgan fingerprint density at radius 1 is 1.00 bits per heavy atom. The molecule has 0 bridgehead atoms. The van der Waals surface area contributed by atoms with Gasteiger partial charge in [0, 0.05) is 38.3 Å². The fourth-order valence-electron chi connectivity index (χ4n) is 4.71. The van der Waals surface area contributed by atoms with Gasteiger partial charge >= 0.3 is 0 Å². The number of hydrogen-bond donors (Lipinski definition) is 1. The molecule has 2 heterocycles. The largest absolute Gasteiger partial charge is 0.486 e. The Morgan fingerprint density at radius 3 is 2.32 bits per heavy atom. The average Bonchev–Trinajstić information content (AvgIpc) is 2.87. The molecule has 0 saturated carbocycles. The van der Waals surface area contributed by atoms with E-state index in [-0.39, 0.29) is 24.3 Å². The third-order valence-electron chi connectivity index (χ3n) is 6.63. The topological polar surface area (TPSA) is 88.2 Å². The number of hydrogen-bond acceptors (Lipinski definition) is 5. The summed E-state index contributed by atoms with van der Waals surface area (Å²) >= 11 is 0. The van der Waals surface area contributed by atoms with Crippen LogP contribution in [0.25, 0.3) is 0 Å². The Kier molecular flexibility index (Phi) is 7.05. The number of nitrogens with zero attached hydrogens (tertiary/aromatic N) is 2. The number of likely N-dealkylation sites (tertiary alicyclic amines) is 1. The van der Waals surface area contributed by atoms with Crippen LogP contribution in [0, 0.1) is 0 Å². The molecular formula is C26H31N3O5. The summed E-state index contributed by atoms with van der Waals surface area (Å²) in [5, 5.41) is 2.87. The van der Waals surface area contributed by atoms with Gasteiger partial charge < -0.3 is 24.6 Å². The summed E-state index contributed by atoms with van der Waals surface area (Å²) in [7, 11) is 0. The summed E-state index contributed by atoms with van der Waals surface area (Å²) in [4.78, 5) is 42.1. The molecule has 0 aliphatic carbocycles. The van der Waals surface area contributed by atoms with Gasteiger partial charge in [0.1, 0.15) is 13.2 Å². The maximum atomic E-state index is 13.9. The van der Waals surface area contributed by atoms with Gasteiger partial charge in [0.2, 0.25) is 17.7 Å². The molecule has 4 rings (SSSR count). The lowest BCUT2D eigenvalue weighted by Gasteiger charge is -2.43. The van der Waals surface area contributed by atoms with E-state index in [2.05, 4.69) is 5.32 Å². The second kappa shape index (κ2) is 10.2. The fourth-order valence-corrected chi connectivity index (χ4v) is 4.71. The fraction of sp³-hybridized carbons (Fsp3) is 0.423. The maximum absolute atomic E-state index is 13.9. The van der Waals surface area contributed by atoms with Crippen LogP contribution in [0.3, 0.4) is 0 Å². The van der Waals surface area contributed by atoms with Crippen LogP contribution in [0.15, 0.2) is 48.5 Å². The van der Waals surface area contributed by atoms with Crippen LogP contribution in [0.4, 0.5) is 5.69 Å². The second-order valence-electron chi connectivity index (χ2n) is 8.68. The standard InChI is InChI=1S/C26H31N3O5/c1-3-28(18-24(31)27-21-9-10-22-23(17-21)34-16-15-33-22)25(32)26(20-7-5-4-6-8-20)11-13-29(14-12-26)19(2)30/h4-10,17H,3,11-16,18H2,1-2H3,(H,27,31). The monoisotopic (exact) mass is 465 g/mol. The first-order valence-corrected chi connectivity index (χ1v) is 11.7. The molecule has 0 spiro atoms. The number of fused-ring (bicyclic) bond motifs is 1. The van der Waals surface area contributed by atoms with Crippen LogP contribution < -0.4 is 14.8 Å². The normalized spacial score (nSPS) is 16.5. The zero-order valence-electron chi connectivity index (χ0n) is 19.7. The molecule has 0 atom stereocenters. The van der Waals surface area contributed by atoms with Crippen LogP contribution in [0.1, 0.15) is 32.3 Å². The summed E-state index contributed by atoms with van der Waals surface area (Å²) in [5.74, 6) is 0.891. The number of piperidine rings is 1. The first-order chi connectivity index (χ1) is 16.4. The molecule has 0 aromatic heterocycles. The Morgan fingerprint density at radius 2 is 1.68 bits per heavy atom. The predicted molar refractivity (Wildman–Crippen MR) is 128 cm³/mol. The Balaban J connectivity index is 1.50. The molecule has 34 heavy (non-hydrogen) atoms. The first-order valence-electron chi connectivity index (χ1n) is 11.7. The molecule has 0 radical (unpaired) electrons. The number of anilines is 1. The molecule has 1 N–H and O–H groups in total. The molecule has 2 aliphatic heterocycles. The minimum atomic E-state index is -0.763. The number of likely N-dealkylation sites (N-methyl/N-ethyl adjacent to an activating group) is 1. The summed E-state index contributed by atoms with van der Waals surface area (Å²) in [6.45, 7) is 5.75. The zero-order valence-corrected chi connectivity index (χ0v) is 19.7. The minimum absolute atomic E-state index is 0.0141. The quantitative estimate of drug-likeness (QED) is 0.709. The van der Waals surface area contributed by atoms with E-state index in [0.717, 1.165) is 5.56 Å². The minimum Gasteiger partial charge on any atom is -0.486 e. The summed E-state index contributed by atoms with van der Waals surface area (Å²) in [6.07, 6.45) is 1.05. The summed E-state index contributed by atoms with van der Waals surface area (Å²) in [6, 6.07) is 14.9. The Labute approximate surface area is 199 Å². The molecule has 1 saturated heterocycles. The van der Waals surface area contributed by atoms with Crippen molar-refractivity contribution in [2.24, 2.45) is 0 Å². The van der Waals surface area contributed by atoms with E-state index in [4.69, 9.17) is 9.47 Å². The number of nitrogens with one attached hydrogen (secondary N) is 1. The highest BCUT2D eigenvalue weighted by Gasteiger charge is 2.45. The molecule has 2 aromatic carbocycles. The number of benzene rings is 2. The average molecular weight is 466 g/mol. The highest BCUT2D eigenvalue weighted by Crippen LogP contribution is 2.38. The molecule has 8 nitrogen and oxygen atoms in total. The lowest BCUT2D eigenvalue weighted by molar-refractivity contribution is -0.143. The van der Waals surface area contributed by atoms with Crippen LogP contribution in [-0.4, -0.2) is 66.9 Å². The van der Waals surface area contributed by atoms with E-state index < -0.39 is 5.41 Å². The maximum Gasteiger partial charge on any atom is 0.243 e. The van der Waals surface area contributed by atoms with Crippen molar-refractivity contribution in [2.45, 2.75) is 32.1 Å². The van der Waals surface area contributed by atoms with Gasteiger partial charge in [-0.15, -0.1) is 0 Å². The van der Waals surface area contributed by atoms with E-state index in [1.54, 1.807) is 34.9 Å². The SMILES string of the molecule is CCN(CC(=O)Nc1ccc2c(c1)OCCO2)C(=O)C1(c2ccccc2)CCN(C(C)=O)CC1. The van der Waals surface area contributed by atoms with Crippen molar-refractivity contribution in [3.05, 3.63) is 54.1 Å². The van der Waals surface area contributed by atoms with Gasteiger partial charge in [-0.05, 0) is 37.5 Å². The van der Waals surface area contributed by atoms with Crippen molar-refractivity contribution in [3.8, 4) is 11.5 Å². The van der Waals surface area contributed by atoms with Gasteiger partial charge in [-0.25, -0.2) is 0 Å².